The number of hydrazone groups is 1. The number of anilines is 1. The summed E-state index contributed by atoms with van der Waals surface area (Å²) in [7, 11) is 1.67. The number of aromatic nitrogens is 2. The second kappa shape index (κ2) is 8.11. The van der Waals surface area contributed by atoms with Crippen molar-refractivity contribution in [1.29, 1.82) is 0 Å². The summed E-state index contributed by atoms with van der Waals surface area (Å²) in [5, 5.41) is 5.58. The van der Waals surface area contributed by atoms with Gasteiger partial charge >= 0.3 is 0 Å². The maximum atomic E-state index is 5.39. The van der Waals surface area contributed by atoms with Gasteiger partial charge in [0.2, 0.25) is 0 Å². The highest BCUT2D eigenvalue weighted by atomic mass is 32.1. The molecule has 1 aliphatic carbocycles. The number of hydrogen-bond donors (Lipinski definition) is 1. The van der Waals surface area contributed by atoms with E-state index in [1.54, 1.807) is 19.7 Å². The number of benzene rings is 1. The highest BCUT2D eigenvalue weighted by molar-refractivity contribution is 7.19. The quantitative estimate of drug-likeness (QED) is 0.421. The summed E-state index contributed by atoms with van der Waals surface area (Å²) in [4.78, 5) is 11.6. The van der Waals surface area contributed by atoms with Gasteiger partial charge in [0.05, 0.1) is 18.7 Å². The molecule has 0 amide bonds. The fourth-order valence-electron chi connectivity index (χ4n) is 4.08. The summed E-state index contributed by atoms with van der Waals surface area (Å²) in [6, 6.07) is 7.82. The van der Waals surface area contributed by atoms with Gasteiger partial charge in [0.1, 0.15) is 16.9 Å². The van der Waals surface area contributed by atoms with Crippen molar-refractivity contribution >= 4 is 33.6 Å². The molecule has 29 heavy (non-hydrogen) atoms. The first kappa shape index (κ1) is 19.8. The molecular formula is C23H28N4OS. The third-order valence-corrected chi connectivity index (χ3v) is 7.57. The van der Waals surface area contributed by atoms with E-state index in [1.165, 1.54) is 23.3 Å². The summed E-state index contributed by atoms with van der Waals surface area (Å²) in [5.74, 6) is 2.26. The van der Waals surface area contributed by atoms with Gasteiger partial charge in [-0.2, -0.15) is 5.10 Å². The maximum absolute atomic E-state index is 5.39. The van der Waals surface area contributed by atoms with Gasteiger partial charge in [-0.3, -0.25) is 5.43 Å². The van der Waals surface area contributed by atoms with Gasteiger partial charge in [-0.1, -0.05) is 39.3 Å². The maximum Gasteiger partial charge on any atom is 0.158 e. The van der Waals surface area contributed by atoms with E-state index >= 15 is 0 Å². The normalized spacial score (nSPS) is 16.9. The number of para-hydroxylation sites is 1. The number of ether oxygens (including phenoxy) is 1. The van der Waals surface area contributed by atoms with E-state index in [1.807, 2.05) is 35.6 Å². The molecule has 2 heterocycles. The first-order chi connectivity index (χ1) is 14.0. The minimum absolute atomic E-state index is 0.344. The molecule has 0 saturated carbocycles. The number of nitrogens with one attached hydrogen (secondary N) is 1. The van der Waals surface area contributed by atoms with Gasteiger partial charge in [0, 0.05) is 10.4 Å². The van der Waals surface area contributed by atoms with Crippen LogP contribution in [0.1, 0.15) is 49.6 Å². The smallest absolute Gasteiger partial charge is 0.158 e. The molecule has 6 heteroatoms. The van der Waals surface area contributed by atoms with Crippen molar-refractivity contribution in [3.05, 3.63) is 46.6 Å². The largest absolute Gasteiger partial charge is 0.496 e. The standard InChI is InChI=1S/C23H28N4OS/c1-5-23(2,3)16-10-11-19-17(12-16)20-21(24-14-25-22(20)29-19)27-26-13-15-8-6-7-9-18(15)28-4/h6-9,13-14,16H,5,10-12H2,1-4H3,(H,24,25,27)/b26-13+/t16-/m0/s1. The van der Waals surface area contributed by atoms with E-state index in [-0.39, 0.29) is 0 Å². The minimum Gasteiger partial charge on any atom is -0.496 e. The molecule has 0 saturated heterocycles. The lowest BCUT2D eigenvalue weighted by molar-refractivity contribution is 0.184. The van der Waals surface area contributed by atoms with Gasteiger partial charge < -0.3 is 4.74 Å². The third-order valence-electron chi connectivity index (χ3n) is 6.37. The van der Waals surface area contributed by atoms with E-state index in [9.17, 15) is 0 Å². The van der Waals surface area contributed by atoms with Crippen LogP contribution in [0, 0.1) is 11.3 Å². The summed E-state index contributed by atoms with van der Waals surface area (Å²) in [6.45, 7) is 7.08. The molecule has 0 fully saturated rings. The van der Waals surface area contributed by atoms with Crippen LogP contribution in [0.2, 0.25) is 0 Å². The molecule has 0 unspecified atom stereocenters. The van der Waals surface area contributed by atoms with Crippen molar-refractivity contribution in [1.82, 2.24) is 9.97 Å². The molecule has 0 radical (unpaired) electrons. The number of nitrogens with zero attached hydrogens (tertiary/aromatic N) is 3. The number of thiophene rings is 1. The Balaban J connectivity index is 1.65. The molecule has 152 valence electrons. The molecule has 4 rings (SSSR count). The second-order valence-corrected chi connectivity index (χ2v) is 9.38. The molecule has 0 spiro atoms. The third kappa shape index (κ3) is 3.86. The Labute approximate surface area is 176 Å². The van der Waals surface area contributed by atoms with Crippen molar-refractivity contribution in [2.75, 3.05) is 12.5 Å². The van der Waals surface area contributed by atoms with Crippen molar-refractivity contribution in [2.24, 2.45) is 16.4 Å². The molecule has 3 aromatic rings. The SMILES string of the molecule is CCC(C)(C)[C@H]1CCc2sc3ncnc(N/N=C/c4ccccc4OC)c3c2C1. The fraction of sp³-hybridized carbons (Fsp3) is 0.435. The molecule has 1 aromatic carbocycles. The van der Waals surface area contributed by atoms with Crippen molar-refractivity contribution in [3.63, 3.8) is 0 Å². The van der Waals surface area contributed by atoms with Crippen molar-refractivity contribution in [3.8, 4) is 5.75 Å². The topological polar surface area (TPSA) is 59.4 Å². The van der Waals surface area contributed by atoms with Gasteiger partial charge in [-0.05, 0) is 48.3 Å². The van der Waals surface area contributed by atoms with Crippen LogP contribution in [0.15, 0.2) is 35.7 Å². The minimum atomic E-state index is 0.344. The summed E-state index contributed by atoms with van der Waals surface area (Å²) in [5.41, 5.74) is 5.84. The Morgan fingerprint density at radius 2 is 2.14 bits per heavy atom. The average Bonchev–Trinajstić information content (AvgIpc) is 3.12. The van der Waals surface area contributed by atoms with Gasteiger partial charge in [0.15, 0.2) is 5.82 Å². The zero-order valence-corrected chi connectivity index (χ0v) is 18.3. The summed E-state index contributed by atoms with van der Waals surface area (Å²) >= 11 is 1.81. The Kier molecular flexibility index (Phi) is 5.54. The number of hydrogen-bond acceptors (Lipinski definition) is 6. The van der Waals surface area contributed by atoms with E-state index in [4.69, 9.17) is 4.74 Å². The lowest BCUT2D eigenvalue weighted by Crippen LogP contribution is -2.28. The van der Waals surface area contributed by atoms with Crippen LogP contribution in [0.5, 0.6) is 5.75 Å². The zero-order valence-electron chi connectivity index (χ0n) is 17.5. The lowest BCUT2D eigenvalue weighted by Gasteiger charge is -2.36. The average molecular weight is 409 g/mol. The fourth-order valence-corrected chi connectivity index (χ4v) is 5.27. The predicted molar refractivity (Wildman–Crippen MR) is 121 cm³/mol. The van der Waals surface area contributed by atoms with E-state index < -0.39 is 0 Å². The Morgan fingerprint density at radius 3 is 2.93 bits per heavy atom. The number of rotatable bonds is 6. The Hall–Kier alpha value is -2.47. The molecule has 5 nitrogen and oxygen atoms in total. The predicted octanol–water partition coefficient (Wildman–Crippen LogP) is 5.69. The molecule has 1 N–H and O–H groups in total. The van der Waals surface area contributed by atoms with Gasteiger partial charge in [-0.25, -0.2) is 9.97 Å². The van der Waals surface area contributed by atoms with Gasteiger partial charge in [-0.15, -0.1) is 11.3 Å². The Bertz CT molecular complexity index is 1040. The van der Waals surface area contributed by atoms with Crippen LogP contribution in [-0.4, -0.2) is 23.3 Å². The first-order valence-corrected chi connectivity index (χ1v) is 11.0. The van der Waals surface area contributed by atoms with Crippen LogP contribution in [-0.2, 0) is 12.8 Å². The monoisotopic (exact) mass is 408 g/mol. The van der Waals surface area contributed by atoms with Crippen LogP contribution in [0.3, 0.4) is 0 Å². The highest BCUT2D eigenvalue weighted by Crippen LogP contribution is 2.45. The Morgan fingerprint density at radius 1 is 1.31 bits per heavy atom. The summed E-state index contributed by atoms with van der Waals surface area (Å²) < 4.78 is 5.39. The van der Waals surface area contributed by atoms with Crippen molar-refractivity contribution < 1.29 is 4.74 Å². The second-order valence-electron chi connectivity index (χ2n) is 8.30. The number of methoxy groups -OCH3 is 1. The molecule has 1 atom stereocenters. The number of fused-ring (bicyclic) bond motifs is 3. The van der Waals surface area contributed by atoms with Crippen LogP contribution < -0.4 is 10.2 Å². The van der Waals surface area contributed by atoms with E-state index in [0.29, 0.717) is 11.3 Å². The molecule has 0 bridgehead atoms. The molecule has 0 aliphatic heterocycles. The highest BCUT2D eigenvalue weighted by Gasteiger charge is 2.33. The first-order valence-electron chi connectivity index (χ1n) is 10.2. The van der Waals surface area contributed by atoms with E-state index in [0.717, 1.165) is 40.2 Å². The van der Waals surface area contributed by atoms with Crippen molar-refractivity contribution in [2.45, 2.75) is 46.5 Å². The molecular weight excluding hydrogens is 380 g/mol. The van der Waals surface area contributed by atoms with Gasteiger partial charge in [0.25, 0.3) is 0 Å². The van der Waals surface area contributed by atoms with Crippen LogP contribution in [0.25, 0.3) is 10.2 Å². The van der Waals surface area contributed by atoms with Crippen LogP contribution in [0.4, 0.5) is 5.82 Å². The molecule has 1 aliphatic rings. The number of aryl methyl sites for hydroxylation is 1. The van der Waals surface area contributed by atoms with Crippen LogP contribution >= 0.6 is 11.3 Å². The lowest BCUT2D eigenvalue weighted by atomic mass is 9.69. The summed E-state index contributed by atoms with van der Waals surface area (Å²) in [6.07, 6.45) is 8.07. The zero-order chi connectivity index (χ0) is 20.4. The van der Waals surface area contributed by atoms with E-state index in [2.05, 4.69) is 41.3 Å². The molecule has 2 aromatic heterocycles.